The molecule has 5 nitrogen and oxygen atoms in total. The summed E-state index contributed by atoms with van der Waals surface area (Å²) in [5.74, 6) is 1.91. The number of aryl methyl sites for hydroxylation is 1. The fourth-order valence-electron chi connectivity index (χ4n) is 3.53. The molecule has 0 fully saturated rings. The number of nitriles is 1. The molecule has 1 atom stereocenters. The van der Waals surface area contributed by atoms with Crippen molar-refractivity contribution in [3.63, 3.8) is 0 Å². The highest BCUT2D eigenvalue weighted by atomic mass is 32.2. The Hall–Kier alpha value is -3.43. The number of hydrogen-bond acceptors (Lipinski definition) is 4. The first-order valence-electron chi connectivity index (χ1n) is 9.66. The predicted molar refractivity (Wildman–Crippen MR) is 119 cm³/mol. The quantitative estimate of drug-likeness (QED) is 0.439. The van der Waals surface area contributed by atoms with E-state index in [4.69, 9.17) is 9.72 Å². The Bertz CT molecular complexity index is 1290. The molecule has 2 heterocycles. The molecule has 0 aliphatic carbocycles. The molecule has 0 amide bonds. The van der Waals surface area contributed by atoms with Crippen LogP contribution in [0.3, 0.4) is 0 Å². The second-order valence-corrected chi connectivity index (χ2v) is 8.42. The second-order valence-electron chi connectivity index (χ2n) is 6.98. The number of pyridine rings is 1. The predicted octanol–water partition coefficient (Wildman–Crippen LogP) is 5.11. The maximum absolute atomic E-state index is 11.5. The molecule has 4 aromatic rings. The molecule has 0 saturated heterocycles. The van der Waals surface area contributed by atoms with E-state index in [0.717, 1.165) is 28.9 Å². The minimum absolute atomic E-state index is 0.500. The summed E-state index contributed by atoms with van der Waals surface area (Å²) in [6, 6.07) is 21.4. The van der Waals surface area contributed by atoms with Crippen molar-refractivity contribution in [2.24, 2.45) is 0 Å². The van der Waals surface area contributed by atoms with Crippen LogP contribution in [0, 0.1) is 11.3 Å². The standard InChI is InChI=1S/C24H21N3O2S/c1-3-22-23(27-12-6-9-19(15-25)24(27)26-22)18-8-5-11-21(14-18)29-20-10-4-7-17(13-20)16-30(2)28/h4-14H,3,16H2,1-2H3. The zero-order chi connectivity index (χ0) is 21.1. The maximum Gasteiger partial charge on any atom is 0.155 e. The van der Waals surface area contributed by atoms with Crippen LogP contribution in [-0.4, -0.2) is 19.8 Å². The summed E-state index contributed by atoms with van der Waals surface area (Å²) in [7, 11) is -0.904. The van der Waals surface area contributed by atoms with Gasteiger partial charge in [0.05, 0.1) is 17.0 Å². The van der Waals surface area contributed by atoms with Gasteiger partial charge in [0, 0.05) is 34.6 Å². The Morgan fingerprint density at radius 3 is 2.60 bits per heavy atom. The summed E-state index contributed by atoms with van der Waals surface area (Å²) < 4.78 is 19.6. The molecule has 30 heavy (non-hydrogen) atoms. The lowest BCUT2D eigenvalue weighted by molar-refractivity contribution is 0.482. The van der Waals surface area contributed by atoms with Crippen LogP contribution in [-0.2, 0) is 23.0 Å². The van der Waals surface area contributed by atoms with E-state index in [1.807, 2.05) is 65.2 Å². The van der Waals surface area contributed by atoms with Crippen molar-refractivity contribution >= 4 is 16.4 Å². The summed E-state index contributed by atoms with van der Waals surface area (Å²) in [4.78, 5) is 4.70. The van der Waals surface area contributed by atoms with Crippen molar-refractivity contribution in [2.45, 2.75) is 19.1 Å². The van der Waals surface area contributed by atoms with Crippen molar-refractivity contribution in [2.75, 3.05) is 6.26 Å². The number of hydrogen-bond donors (Lipinski definition) is 0. The average molecular weight is 416 g/mol. The third-order valence-electron chi connectivity index (χ3n) is 4.79. The first kappa shape index (κ1) is 19.9. The number of ether oxygens (including phenoxy) is 1. The molecule has 0 N–H and O–H groups in total. The van der Waals surface area contributed by atoms with E-state index in [-0.39, 0.29) is 0 Å². The molecule has 0 spiro atoms. The topological polar surface area (TPSA) is 67.4 Å². The van der Waals surface area contributed by atoms with Crippen molar-refractivity contribution < 1.29 is 8.95 Å². The van der Waals surface area contributed by atoms with Gasteiger partial charge < -0.3 is 4.74 Å². The lowest BCUT2D eigenvalue weighted by Crippen LogP contribution is -1.94. The van der Waals surface area contributed by atoms with Crippen LogP contribution < -0.4 is 4.74 Å². The number of nitrogens with zero attached hydrogens (tertiary/aromatic N) is 3. The Morgan fingerprint density at radius 2 is 1.87 bits per heavy atom. The van der Waals surface area contributed by atoms with E-state index in [9.17, 15) is 9.47 Å². The summed E-state index contributed by atoms with van der Waals surface area (Å²) >= 11 is 0. The summed E-state index contributed by atoms with van der Waals surface area (Å²) in [6.45, 7) is 2.06. The second kappa shape index (κ2) is 8.52. The smallest absolute Gasteiger partial charge is 0.155 e. The Morgan fingerprint density at radius 1 is 1.10 bits per heavy atom. The highest BCUT2D eigenvalue weighted by molar-refractivity contribution is 7.83. The van der Waals surface area contributed by atoms with Crippen LogP contribution in [0.4, 0.5) is 0 Å². The zero-order valence-corrected chi connectivity index (χ0v) is 17.6. The molecule has 0 bridgehead atoms. The fraction of sp³-hybridized carbons (Fsp3) is 0.167. The first-order chi connectivity index (χ1) is 14.6. The molecule has 2 aromatic carbocycles. The molecule has 150 valence electrons. The molecule has 1 unspecified atom stereocenters. The Labute approximate surface area is 178 Å². The van der Waals surface area contributed by atoms with Crippen LogP contribution in [0.5, 0.6) is 11.5 Å². The Balaban J connectivity index is 1.73. The van der Waals surface area contributed by atoms with E-state index in [1.54, 1.807) is 12.3 Å². The van der Waals surface area contributed by atoms with Gasteiger partial charge in [0.15, 0.2) is 5.65 Å². The molecule has 4 rings (SSSR count). The SMILES string of the molecule is CCc1nc2c(C#N)cccn2c1-c1cccc(Oc2cccc(CS(C)=O)c2)c1. The van der Waals surface area contributed by atoms with Gasteiger partial charge in [-0.2, -0.15) is 5.26 Å². The summed E-state index contributed by atoms with van der Waals surface area (Å²) in [5.41, 5.74) is 5.06. The van der Waals surface area contributed by atoms with E-state index in [1.165, 1.54) is 0 Å². The highest BCUT2D eigenvalue weighted by Gasteiger charge is 2.15. The minimum atomic E-state index is -0.904. The third-order valence-corrected chi connectivity index (χ3v) is 5.53. The van der Waals surface area contributed by atoms with Crippen molar-refractivity contribution in [3.05, 3.63) is 83.7 Å². The van der Waals surface area contributed by atoms with Gasteiger partial charge in [0.2, 0.25) is 0 Å². The van der Waals surface area contributed by atoms with Gasteiger partial charge in [-0.3, -0.25) is 8.61 Å². The Kier molecular flexibility index (Phi) is 5.64. The molecular weight excluding hydrogens is 394 g/mol. The third kappa shape index (κ3) is 3.98. The normalized spacial score (nSPS) is 11.9. The monoisotopic (exact) mass is 415 g/mol. The van der Waals surface area contributed by atoms with E-state index in [0.29, 0.717) is 28.5 Å². The van der Waals surface area contributed by atoms with Crippen LogP contribution in [0.2, 0.25) is 0 Å². The van der Waals surface area contributed by atoms with Crippen LogP contribution in [0.15, 0.2) is 66.9 Å². The largest absolute Gasteiger partial charge is 0.457 e. The number of imidazole rings is 1. The van der Waals surface area contributed by atoms with Crippen molar-refractivity contribution in [1.29, 1.82) is 5.26 Å². The summed E-state index contributed by atoms with van der Waals surface area (Å²) in [6.07, 6.45) is 4.37. The maximum atomic E-state index is 11.5. The minimum Gasteiger partial charge on any atom is -0.457 e. The van der Waals surface area contributed by atoms with Gasteiger partial charge in [-0.05, 0) is 48.4 Å². The van der Waals surface area contributed by atoms with E-state index >= 15 is 0 Å². The van der Waals surface area contributed by atoms with Gasteiger partial charge in [-0.1, -0.05) is 31.2 Å². The lowest BCUT2D eigenvalue weighted by atomic mass is 10.1. The van der Waals surface area contributed by atoms with Crippen LogP contribution >= 0.6 is 0 Å². The van der Waals surface area contributed by atoms with Gasteiger partial charge >= 0.3 is 0 Å². The number of aromatic nitrogens is 2. The molecular formula is C24H21N3O2S. The van der Waals surface area contributed by atoms with Crippen molar-refractivity contribution in [1.82, 2.24) is 9.38 Å². The fourth-order valence-corrected chi connectivity index (χ4v) is 4.18. The van der Waals surface area contributed by atoms with Crippen LogP contribution in [0.25, 0.3) is 16.9 Å². The van der Waals surface area contributed by atoms with E-state index in [2.05, 4.69) is 13.0 Å². The number of rotatable bonds is 6. The first-order valence-corrected chi connectivity index (χ1v) is 11.4. The van der Waals surface area contributed by atoms with E-state index < -0.39 is 10.8 Å². The summed E-state index contributed by atoms with van der Waals surface area (Å²) in [5, 5.41) is 9.42. The highest BCUT2D eigenvalue weighted by Crippen LogP contribution is 2.31. The average Bonchev–Trinajstić information content (AvgIpc) is 3.12. The van der Waals surface area contributed by atoms with Gasteiger partial charge in [-0.15, -0.1) is 0 Å². The molecule has 0 aliphatic rings. The van der Waals surface area contributed by atoms with Crippen molar-refractivity contribution in [3.8, 4) is 28.8 Å². The lowest BCUT2D eigenvalue weighted by Gasteiger charge is -2.10. The number of fused-ring (bicyclic) bond motifs is 1. The van der Waals surface area contributed by atoms with Gasteiger partial charge in [-0.25, -0.2) is 4.98 Å². The molecule has 0 saturated carbocycles. The molecule has 2 aromatic heterocycles. The molecule has 0 aliphatic heterocycles. The van der Waals surface area contributed by atoms with Gasteiger partial charge in [0.25, 0.3) is 0 Å². The zero-order valence-electron chi connectivity index (χ0n) is 16.8. The van der Waals surface area contributed by atoms with Crippen LogP contribution in [0.1, 0.15) is 23.7 Å². The molecule has 0 radical (unpaired) electrons. The molecule has 6 heteroatoms. The number of benzene rings is 2. The van der Waals surface area contributed by atoms with Gasteiger partial charge in [0.1, 0.15) is 17.6 Å².